The lowest BCUT2D eigenvalue weighted by molar-refractivity contribution is -0.138. The number of halogens is 4. The molecule has 2 aromatic heterocycles. The maximum atomic E-state index is 15.3. The molecule has 13 nitrogen and oxygen atoms in total. The van der Waals surface area contributed by atoms with Crippen molar-refractivity contribution < 1.29 is 46.4 Å². The molecule has 4 N–H and O–H groups in total. The number of nitrogens with zero attached hydrogens (tertiary/aromatic N) is 4. The molecule has 0 radical (unpaired) electrons. The second-order valence-electron chi connectivity index (χ2n) is 13.6. The highest BCUT2D eigenvalue weighted by molar-refractivity contribution is 6.00. The van der Waals surface area contributed by atoms with Gasteiger partial charge in [-0.1, -0.05) is 42.5 Å². The molecule has 0 bridgehead atoms. The minimum absolute atomic E-state index is 0.111. The average molecular weight is 820 g/mol. The number of rotatable bonds is 17. The molecule has 1 fully saturated rings. The van der Waals surface area contributed by atoms with E-state index in [9.17, 15) is 23.1 Å². The predicted octanol–water partition coefficient (Wildman–Crippen LogP) is 6.64. The first kappa shape index (κ1) is 42.7. The molecule has 312 valence electrons. The second-order valence-corrected chi connectivity index (χ2v) is 13.6. The van der Waals surface area contributed by atoms with Crippen molar-refractivity contribution in [2.75, 3.05) is 63.7 Å². The monoisotopic (exact) mass is 819 g/mol. The van der Waals surface area contributed by atoms with Gasteiger partial charge in [0.25, 0.3) is 5.88 Å². The fourth-order valence-corrected chi connectivity index (χ4v) is 6.44. The molecule has 0 spiro atoms. The highest BCUT2D eigenvalue weighted by Crippen LogP contribution is 2.36. The predicted molar refractivity (Wildman–Crippen MR) is 212 cm³/mol. The van der Waals surface area contributed by atoms with Crippen LogP contribution in [-0.4, -0.2) is 90.1 Å². The molecule has 1 aliphatic heterocycles. The summed E-state index contributed by atoms with van der Waals surface area (Å²) in [5.74, 6) is 0.445. The first-order valence-electron chi connectivity index (χ1n) is 18.9. The molecule has 2 amide bonds. The zero-order valence-corrected chi connectivity index (χ0v) is 32.5. The Hall–Kier alpha value is -5.88. The first-order valence-corrected chi connectivity index (χ1v) is 18.9. The van der Waals surface area contributed by atoms with Gasteiger partial charge in [0, 0.05) is 44.0 Å². The maximum Gasteiger partial charge on any atom is 0.416 e. The number of methoxy groups -OCH3 is 1. The van der Waals surface area contributed by atoms with Gasteiger partial charge in [0.1, 0.15) is 24.8 Å². The van der Waals surface area contributed by atoms with Crippen LogP contribution >= 0.6 is 0 Å². The van der Waals surface area contributed by atoms with E-state index in [2.05, 4.69) is 30.9 Å². The molecule has 1 aliphatic rings. The zero-order chi connectivity index (χ0) is 41.8. The molecule has 1 unspecified atom stereocenters. The van der Waals surface area contributed by atoms with E-state index in [4.69, 9.17) is 18.9 Å². The Bertz CT molecular complexity index is 2160. The summed E-state index contributed by atoms with van der Waals surface area (Å²) in [6, 6.07) is 18.8. The molecule has 1 saturated heterocycles. The normalized spacial score (nSPS) is 14.5. The van der Waals surface area contributed by atoms with Gasteiger partial charge in [-0.3, -0.25) is 4.90 Å². The van der Waals surface area contributed by atoms with Crippen LogP contribution in [0.25, 0.3) is 11.4 Å². The van der Waals surface area contributed by atoms with Crippen LogP contribution in [0.2, 0.25) is 0 Å². The first-order chi connectivity index (χ1) is 28.5. The van der Waals surface area contributed by atoms with Crippen LogP contribution in [-0.2, 0) is 30.5 Å². The molecule has 3 aromatic carbocycles. The van der Waals surface area contributed by atoms with Gasteiger partial charge in [-0.2, -0.15) is 13.2 Å². The number of aliphatic hydroxyl groups is 1. The van der Waals surface area contributed by atoms with Gasteiger partial charge < -0.3 is 40.0 Å². The topological polar surface area (TPSA) is 152 Å². The molecular weight excluding hydrogens is 774 g/mol. The Kier molecular flexibility index (Phi) is 14.6. The number of β-amino-alcohol motifs (C(OH)–C–C–N with tert-alkyl or cyclic N) is 1. The molecular formula is C42H45F4N7O6. The molecule has 5 aromatic rings. The number of urea groups is 1. The second kappa shape index (κ2) is 20.2. The van der Waals surface area contributed by atoms with E-state index in [1.165, 1.54) is 12.4 Å². The molecule has 59 heavy (non-hydrogen) atoms. The largest absolute Gasteiger partial charge is 0.497 e. The van der Waals surface area contributed by atoms with Crippen LogP contribution in [0.3, 0.4) is 0 Å². The van der Waals surface area contributed by atoms with Crippen LogP contribution in [0.1, 0.15) is 27.9 Å². The summed E-state index contributed by atoms with van der Waals surface area (Å²) >= 11 is 0. The van der Waals surface area contributed by atoms with E-state index < -0.39 is 29.3 Å². The zero-order valence-electron chi connectivity index (χ0n) is 32.5. The summed E-state index contributed by atoms with van der Waals surface area (Å²) in [6.45, 7) is 4.33. The number of pyridine rings is 1. The Balaban J connectivity index is 1.14. The molecule has 1 atom stereocenters. The number of carbonyl (C=O) groups is 1. The van der Waals surface area contributed by atoms with E-state index in [0.717, 1.165) is 17.2 Å². The standard InChI is InChI=1S/C42H45F4N7O6/c1-27-37(52-41(55)51-36-21-34(42(44,45)46)30(19-35(36)43)18-32-23-47-12-13-53(32)14-15-54)24-48-39(50-27)31-20-38(58-17-16-57-25-28-6-4-3-5-7-28)40(49-22-31)59-26-29-8-10-33(56-2)11-9-29/h3-11,19-22,24,32,47,54H,12-18,23,25-26H2,1-2H3,(H2,51,52,55). The van der Waals surface area contributed by atoms with Gasteiger partial charge in [0.15, 0.2) is 11.6 Å². The number of anilines is 2. The van der Waals surface area contributed by atoms with Crippen molar-refractivity contribution in [2.24, 2.45) is 0 Å². The van der Waals surface area contributed by atoms with Crippen LogP contribution in [0.15, 0.2) is 85.2 Å². The number of aryl methyl sites for hydroxylation is 1. The number of benzene rings is 3. The van der Waals surface area contributed by atoms with Crippen LogP contribution in [0, 0.1) is 12.7 Å². The summed E-state index contributed by atoms with van der Waals surface area (Å²) in [7, 11) is 1.59. The van der Waals surface area contributed by atoms with Crippen LogP contribution in [0.4, 0.5) is 33.7 Å². The van der Waals surface area contributed by atoms with Gasteiger partial charge in [0.2, 0.25) is 0 Å². The highest BCUT2D eigenvalue weighted by atomic mass is 19.4. The molecule has 0 saturated carbocycles. The number of hydrogen-bond donors (Lipinski definition) is 4. The highest BCUT2D eigenvalue weighted by Gasteiger charge is 2.36. The van der Waals surface area contributed by atoms with Crippen molar-refractivity contribution >= 4 is 17.4 Å². The minimum Gasteiger partial charge on any atom is -0.497 e. The molecule has 0 aliphatic carbocycles. The number of aromatic nitrogens is 3. The number of ether oxygens (including phenoxy) is 4. The third-order valence-corrected chi connectivity index (χ3v) is 9.50. The van der Waals surface area contributed by atoms with Gasteiger partial charge >= 0.3 is 12.2 Å². The van der Waals surface area contributed by atoms with E-state index in [-0.39, 0.29) is 68.4 Å². The van der Waals surface area contributed by atoms with E-state index >= 15 is 4.39 Å². The summed E-state index contributed by atoms with van der Waals surface area (Å²) < 4.78 is 81.1. The van der Waals surface area contributed by atoms with Crippen molar-refractivity contribution in [3.8, 4) is 28.8 Å². The lowest BCUT2D eigenvalue weighted by Crippen LogP contribution is -2.53. The molecule has 6 rings (SSSR count). The Morgan fingerprint density at radius 3 is 2.44 bits per heavy atom. The van der Waals surface area contributed by atoms with Crippen LogP contribution < -0.4 is 30.2 Å². The molecule has 17 heteroatoms. The minimum atomic E-state index is -4.82. The smallest absolute Gasteiger partial charge is 0.416 e. The lowest BCUT2D eigenvalue weighted by Gasteiger charge is -2.36. The summed E-state index contributed by atoms with van der Waals surface area (Å²) in [4.78, 5) is 28.2. The maximum absolute atomic E-state index is 15.3. The molecule has 3 heterocycles. The number of aliphatic hydroxyl groups excluding tert-OH is 1. The van der Waals surface area contributed by atoms with Crippen molar-refractivity contribution in [1.29, 1.82) is 0 Å². The van der Waals surface area contributed by atoms with E-state index in [0.29, 0.717) is 55.1 Å². The average Bonchev–Trinajstić information content (AvgIpc) is 3.22. The number of amides is 2. The number of piperazine rings is 1. The van der Waals surface area contributed by atoms with Gasteiger partial charge in [0.05, 0.1) is 55.8 Å². The van der Waals surface area contributed by atoms with Gasteiger partial charge in [-0.05, 0) is 60.4 Å². The van der Waals surface area contributed by atoms with Crippen LogP contribution in [0.5, 0.6) is 17.4 Å². The summed E-state index contributed by atoms with van der Waals surface area (Å²) in [5, 5.41) is 17.2. The third kappa shape index (κ3) is 11.8. The third-order valence-electron chi connectivity index (χ3n) is 9.50. The van der Waals surface area contributed by atoms with E-state index in [1.54, 1.807) is 20.1 Å². The quantitative estimate of drug-likeness (QED) is 0.0591. The van der Waals surface area contributed by atoms with Crippen molar-refractivity contribution in [1.82, 2.24) is 25.2 Å². The number of hydrogen-bond acceptors (Lipinski definition) is 11. The van der Waals surface area contributed by atoms with Gasteiger partial charge in [-0.15, -0.1) is 0 Å². The summed E-state index contributed by atoms with van der Waals surface area (Å²) in [6.07, 6.45) is -2.10. The number of alkyl halides is 3. The van der Waals surface area contributed by atoms with Crippen molar-refractivity contribution in [3.05, 3.63) is 119 Å². The summed E-state index contributed by atoms with van der Waals surface area (Å²) in [5.41, 5.74) is 0.825. The fourth-order valence-electron chi connectivity index (χ4n) is 6.44. The number of nitrogens with one attached hydrogen (secondary N) is 3. The Morgan fingerprint density at radius 1 is 0.949 bits per heavy atom. The van der Waals surface area contributed by atoms with Crippen molar-refractivity contribution in [2.45, 2.75) is 38.8 Å². The van der Waals surface area contributed by atoms with Gasteiger partial charge in [-0.25, -0.2) is 24.1 Å². The Morgan fingerprint density at radius 2 is 1.71 bits per heavy atom. The van der Waals surface area contributed by atoms with Crippen molar-refractivity contribution in [3.63, 3.8) is 0 Å². The Labute approximate surface area is 338 Å². The fraction of sp³-hybridized carbons (Fsp3) is 0.333. The SMILES string of the molecule is COc1ccc(COc2ncc(-c3ncc(NC(=O)Nc4cc(C(F)(F)F)c(CC5CNCCN5CCO)cc4F)c(C)n3)cc2OCCOCc2ccccc2)cc1. The number of carbonyl (C=O) groups excluding carboxylic acids is 1. The van der Waals surface area contributed by atoms with E-state index in [1.807, 2.05) is 59.5 Å². The lowest BCUT2D eigenvalue weighted by atomic mass is 9.96.